The zero-order valence-electron chi connectivity index (χ0n) is 10.6. The van der Waals surface area contributed by atoms with Gasteiger partial charge < -0.3 is 5.73 Å². The molecule has 0 aromatic heterocycles. The third kappa shape index (κ3) is 3.12. The van der Waals surface area contributed by atoms with Crippen molar-refractivity contribution in [3.63, 3.8) is 0 Å². The molecule has 0 saturated heterocycles. The fraction of sp³-hybridized carbons (Fsp3) is 0.250. The van der Waals surface area contributed by atoms with E-state index in [1.54, 1.807) is 0 Å². The number of halogens is 1. The molecule has 0 heterocycles. The predicted octanol–water partition coefficient (Wildman–Crippen LogP) is 4.34. The van der Waals surface area contributed by atoms with Gasteiger partial charge in [-0.15, -0.1) is 0 Å². The number of hydrogen-bond acceptors (Lipinski definition) is 1. The van der Waals surface area contributed by atoms with E-state index in [0.29, 0.717) is 0 Å². The zero-order chi connectivity index (χ0) is 13.0. The number of hydrogen-bond donors (Lipinski definition) is 1. The van der Waals surface area contributed by atoms with E-state index >= 15 is 0 Å². The second-order valence-corrected chi connectivity index (χ2v) is 4.96. The van der Waals surface area contributed by atoms with E-state index in [1.807, 2.05) is 24.3 Å². The van der Waals surface area contributed by atoms with Crippen molar-refractivity contribution in [2.75, 3.05) is 0 Å². The SMILES string of the molecule is CCCc1cccc(C(N)c2cccc(Cl)c2)c1. The van der Waals surface area contributed by atoms with Gasteiger partial charge in [0, 0.05) is 5.02 Å². The molecule has 2 aromatic rings. The molecule has 1 unspecified atom stereocenters. The molecule has 0 saturated carbocycles. The second-order valence-electron chi connectivity index (χ2n) is 4.53. The summed E-state index contributed by atoms with van der Waals surface area (Å²) in [6.07, 6.45) is 2.24. The molecule has 0 aliphatic heterocycles. The molecule has 0 spiro atoms. The molecular formula is C16H18ClN. The summed E-state index contributed by atoms with van der Waals surface area (Å²) in [6.45, 7) is 2.18. The maximum absolute atomic E-state index is 6.29. The van der Waals surface area contributed by atoms with Gasteiger partial charge in [0.15, 0.2) is 0 Å². The van der Waals surface area contributed by atoms with Gasteiger partial charge in [0.2, 0.25) is 0 Å². The van der Waals surface area contributed by atoms with Crippen molar-refractivity contribution >= 4 is 11.6 Å². The van der Waals surface area contributed by atoms with Crippen LogP contribution in [0.3, 0.4) is 0 Å². The first kappa shape index (κ1) is 13.1. The Kier molecular flexibility index (Phi) is 4.40. The van der Waals surface area contributed by atoms with E-state index in [1.165, 1.54) is 5.56 Å². The van der Waals surface area contributed by atoms with Crippen LogP contribution in [0, 0.1) is 0 Å². The lowest BCUT2D eigenvalue weighted by molar-refractivity contribution is 0.858. The molecule has 0 bridgehead atoms. The predicted molar refractivity (Wildman–Crippen MR) is 77.9 cm³/mol. The lowest BCUT2D eigenvalue weighted by Gasteiger charge is -2.14. The molecule has 2 N–H and O–H groups in total. The standard InChI is InChI=1S/C16H18ClN/c1-2-5-12-6-3-7-13(10-12)16(18)14-8-4-9-15(17)11-14/h3-4,6-11,16H,2,5,18H2,1H3. The lowest BCUT2D eigenvalue weighted by atomic mass is 9.97. The van der Waals surface area contributed by atoms with Crippen molar-refractivity contribution in [1.29, 1.82) is 0 Å². The molecule has 2 aromatic carbocycles. The van der Waals surface area contributed by atoms with Gasteiger partial charge >= 0.3 is 0 Å². The molecule has 0 fully saturated rings. The summed E-state index contributed by atoms with van der Waals surface area (Å²) in [5, 5.41) is 0.729. The highest BCUT2D eigenvalue weighted by atomic mass is 35.5. The Morgan fingerprint density at radius 3 is 2.39 bits per heavy atom. The van der Waals surface area contributed by atoms with Crippen LogP contribution < -0.4 is 5.73 Å². The highest BCUT2D eigenvalue weighted by Crippen LogP contribution is 2.23. The van der Waals surface area contributed by atoms with E-state index < -0.39 is 0 Å². The second kappa shape index (κ2) is 6.03. The van der Waals surface area contributed by atoms with E-state index in [4.69, 9.17) is 17.3 Å². The molecule has 1 atom stereocenters. The van der Waals surface area contributed by atoms with Gasteiger partial charge in [0.05, 0.1) is 6.04 Å². The van der Waals surface area contributed by atoms with Gasteiger partial charge in [-0.2, -0.15) is 0 Å². The Bertz CT molecular complexity index is 522. The maximum atomic E-state index is 6.29. The van der Waals surface area contributed by atoms with Crippen molar-refractivity contribution in [2.24, 2.45) is 5.73 Å². The zero-order valence-corrected chi connectivity index (χ0v) is 11.3. The average molecular weight is 260 g/mol. The first-order chi connectivity index (χ1) is 8.70. The van der Waals surface area contributed by atoms with Crippen LogP contribution in [0.25, 0.3) is 0 Å². The van der Waals surface area contributed by atoms with E-state index in [-0.39, 0.29) is 6.04 Å². The summed E-state index contributed by atoms with van der Waals surface area (Å²) < 4.78 is 0. The van der Waals surface area contributed by atoms with Crippen molar-refractivity contribution in [3.8, 4) is 0 Å². The van der Waals surface area contributed by atoms with Crippen molar-refractivity contribution in [1.82, 2.24) is 0 Å². The molecule has 94 valence electrons. The summed E-state index contributed by atoms with van der Waals surface area (Å²) in [5.74, 6) is 0. The Morgan fingerprint density at radius 1 is 1.06 bits per heavy atom. The molecule has 18 heavy (non-hydrogen) atoms. The van der Waals surface area contributed by atoms with Crippen LogP contribution in [0.4, 0.5) is 0 Å². The molecular weight excluding hydrogens is 242 g/mol. The lowest BCUT2D eigenvalue weighted by Crippen LogP contribution is -2.12. The third-order valence-electron chi connectivity index (χ3n) is 3.06. The maximum Gasteiger partial charge on any atom is 0.0552 e. The van der Waals surface area contributed by atoms with Crippen LogP contribution in [-0.2, 0) is 6.42 Å². The minimum absolute atomic E-state index is 0.111. The van der Waals surface area contributed by atoms with Crippen LogP contribution in [0.15, 0.2) is 48.5 Å². The quantitative estimate of drug-likeness (QED) is 0.868. The molecule has 2 rings (SSSR count). The highest BCUT2D eigenvalue weighted by molar-refractivity contribution is 6.30. The highest BCUT2D eigenvalue weighted by Gasteiger charge is 2.09. The summed E-state index contributed by atoms with van der Waals surface area (Å²) >= 11 is 6.00. The van der Waals surface area contributed by atoms with Gasteiger partial charge in [-0.1, -0.05) is 61.3 Å². The smallest absolute Gasteiger partial charge is 0.0552 e. The minimum atomic E-state index is -0.111. The Balaban J connectivity index is 2.27. The average Bonchev–Trinajstić information content (AvgIpc) is 2.39. The summed E-state index contributed by atoms with van der Waals surface area (Å²) in [7, 11) is 0. The molecule has 2 heteroatoms. The van der Waals surface area contributed by atoms with Crippen molar-refractivity contribution in [3.05, 3.63) is 70.2 Å². The Labute approximate surface area is 114 Å². The van der Waals surface area contributed by atoms with E-state index in [0.717, 1.165) is 29.0 Å². The van der Waals surface area contributed by atoms with E-state index in [2.05, 4.69) is 31.2 Å². The van der Waals surface area contributed by atoms with Crippen LogP contribution in [-0.4, -0.2) is 0 Å². The third-order valence-corrected chi connectivity index (χ3v) is 3.29. The van der Waals surface area contributed by atoms with Gasteiger partial charge in [-0.3, -0.25) is 0 Å². The first-order valence-electron chi connectivity index (χ1n) is 6.30. The fourth-order valence-corrected chi connectivity index (χ4v) is 2.32. The Morgan fingerprint density at radius 2 is 1.72 bits per heavy atom. The van der Waals surface area contributed by atoms with Crippen LogP contribution in [0.5, 0.6) is 0 Å². The topological polar surface area (TPSA) is 26.0 Å². The monoisotopic (exact) mass is 259 g/mol. The molecule has 1 nitrogen and oxygen atoms in total. The van der Waals surface area contributed by atoms with E-state index in [9.17, 15) is 0 Å². The van der Waals surface area contributed by atoms with Crippen molar-refractivity contribution in [2.45, 2.75) is 25.8 Å². The molecule has 0 aliphatic carbocycles. The number of benzene rings is 2. The van der Waals surface area contributed by atoms with Crippen LogP contribution in [0.1, 0.15) is 36.1 Å². The number of aryl methyl sites for hydroxylation is 1. The van der Waals surface area contributed by atoms with Gasteiger partial charge in [-0.25, -0.2) is 0 Å². The first-order valence-corrected chi connectivity index (χ1v) is 6.68. The molecule has 0 aliphatic rings. The summed E-state index contributed by atoms with van der Waals surface area (Å²) in [4.78, 5) is 0. The fourth-order valence-electron chi connectivity index (χ4n) is 2.12. The molecule has 0 amide bonds. The Hall–Kier alpha value is -1.31. The normalized spacial score (nSPS) is 12.4. The largest absolute Gasteiger partial charge is 0.320 e. The van der Waals surface area contributed by atoms with Gasteiger partial charge in [-0.05, 0) is 35.2 Å². The molecule has 0 radical (unpaired) electrons. The summed E-state index contributed by atoms with van der Waals surface area (Å²) in [6, 6.07) is 16.1. The van der Waals surface area contributed by atoms with Gasteiger partial charge in [0.1, 0.15) is 0 Å². The summed E-state index contributed by atoms with van der Waals surface area (Å²) in [5.41, 5.74) is 9.83. The van der Waals surface area contributed by atoms with Gasteiger partial charge in [0.25, 0.3) is 0 Å². The van der Waals surface area contributed by atoms with Crippen LogP contribution in [0.2, 0.25) is 5.02 Å². The minimum Gasteiger partial charge on any atom is -0.320 e. The number of nitrogens with two attached hydrogens (primary N) is 1. The number of rotatable bonds is 4. The van der Waals surface area contributed by atoms with Crippen LogP contribution >= 0.6 is 11.6 Å². The van der Waals surface area contributed by atoms with Crippen molar-refractivity contribution < 1.29 is 0 Å².